The summed E-state index contributed by atoms with van der Waals surface area (Å²) in [5.74, 6) is 1.71. The fraction of sp³-hybridized carbons (Fsp3) is 0.588. The molecule has 124 valence electrons. The van der Waals surface area contributed by atoms with Gasteiger partial charge in [-0.25, -0.2) is 4.99 Å². The molecule has 0 unspecified atom stereocenters. The number of nitrogens with zero attached hydrogens (tertiary/aromatic N) is 1. The summed E-state index contributed by atoms with van der Waals surface area (Å²) in [5.41, 5.74) is 2.27. The van der Waals surface area contributed by atoms with Gasteiger partial charge in [0, 0.05) is 31.9 Å². The van der Waals surface area contributed by atoms with Gasteiger partial charge in [-0.1, -0.05) is 12.1 Å². The molecule has 1 aromatic carbocycles. The third-order valence-corrected chi connectivity index (χ3v) is 3.16. The molecule has 1 aromatic rings. The Labute approximate surface area is 134 Å². The molecule has 0 radical (unpaired) electrons. The first kappa shape index (κ1) is 18.3. The lowest BCUT2D eigenvalue weighted by molar-refractivity contribution is 0.145. The summed E-state index contributed by atoms with van der Waals surface area (Å²) in [5, 5.41) is 6.57. The first-order valence-electron chi connectivity index (χ1n) is 7.94. The van der Waals surface area contributed by atoms with Gasteiger partial charge in [0.25, 0.3) is 0 Å². The minimum absolute atomic E-state index is 0.588. The van der Waals surface area contributed by atoms with Crippen molar-refractivity contribution in [3.05, 3.63) is 29.3 Å². The van der Waals surface area contributed by atoms with Crippen molar-refractivity contribution in [1.82, 2.24) is 10.6 Å². The van der Waals surface area contributed by atoms with Crippen LogP contribution in [0.25, 0.3) is 0 Å². The highest BCUT2D eigenvalue weighted by Gasteiger charge is 2.03. The molecule has 0 fully saturated rings. The molecule has 0 aromatic heterocycles. The number of methoxy groups -OCH3 is 1. The highest BCUT2D eigenvalue weighted by molar-refractivity contribution is 5.79. The van der Waals surface area contributed by atoms with Crippen LogP contribution in [-0.2, 0) is 11.3 Å². The molecule has 5 nitrogen and oxygen atoms in total. The maximum Gasteiger partial charge on any atom is 0.191 e. The number of hydrogen-bond donors (Lipinski definition) is 2. The Morgan fingerprint density at radius 1 is 1.23 bits per heavy atom. The maximum atomic E-state index is 5.42. The first-order chi connectivity index (χ1) is 10.7. The number of nitrogens with one attached hydrogen (secondary N) is 2. The Morgan fingerprint density at radius 3 is 2.73 bits per heavy atom. The number of aryl methyl sites for hydroxylation is 1. The maximum absolute atomic E-state index is 5.42. The van der Waals surface area contributed by atoms with Gasteiger partial charge >= 0.3 is 0 Å². The topological polar surface area (TPSA) is 54.9 Å². The van der Waals surface area contributed by atoms with E-state index in [0.29, 0.717) is 6.54 Å². The summed E-state index contributed by atoms with van der Waals surface area (Å²) in [6, 6.07) is 6.18. The predicted octanol–water partition coefficient (Wildman–Crippen LogP) is 2.49. The van der Waals surface area contributed by atoms with Gasteiger partial charge in [-0.15, -0.1) is 0 Å². The molecule has 0 aliphatic carbocycles. The van der Waals surface area contributed by atoms with Crippen LogP contribution in [0.1, 0.15) is 31.4 Å². The lowest BCUT2D eigenvalue weighted by Crippen LogP contribution is -2.38. The highest BCUT2D eigenvalue weighted by Crippen LogP contribution is 2.20. The number of ether oxygens (including phenoxy) is 2. The van der Waals surface area contributed by atoms with Gasteiger partial charge in [-0.3, -0.25) is 0 Å². The van der Waals surface area contributed by atoms with E-state index < -0.39 is 0 Å². The van der Waals surface area contributed by atoms with Crippen LogP contribution in [0.15, 0.2) is 23.2 Å². The van der Waals surface area contributed by atoms with Gasteiger partial charge in [0.2, 0.25) is 0 Å². The van der Waals surface area contributed by atoms with Crippen molar-refractivity contribution in [2.24, 2.45) is 4.99 Å². The van der Waals surface area contributed by atoms with E-state index in [9.17, 15) is 0 Å². The van der Waals surface area contributed by atoms with E-state index in [1.54, 1.807) is 7.11 Å². The van der Waals surface area contributed by atoms with Crippen molar-refractivity contribution in [3.63, 3.8) is 0 Å². The number of guanidine groups is 1. The minimum atomic E-state index is 0.588. The molecule has 0 aliphatic rings. The molecule has 2 N–H and O–H groups in total. The first-order valence-corrected chi connectivity index (χ1v) is 7.94. The summed E-state index contributed by atoms with van der Waals surface area (Å²) in [6.45, 7) is 9.93. The molecule has 0 bridgehead atoms. The Bertz CT molecular complexity index is 461. The van der Waals surface area contributed by atoms with Crippen molar-refractivity contribution >= 4 is 5.96 Å². The van der Waals surface area contributed by atoms with Crippen LogP contribution in [0.2, 0.25) is 0 Å². The van der Waals surface area contributed by atoms with E-state index >= 15 is 0 Å². The van der Waals surface area contributed by atoms with E-state index in [-0.39, 0.29) is 0 Å². The Balaban J connectivity index is 2.57. The third-order valence-electron chi connectivity index (χ3n) is 3.16. The summed E-state index contributed by atoms with van der Waals surface area (Å²) in [7, 11) is 1.69. The lowest BCUT2D eigenvalue weighted by atomic mass is 10.1. The molecule has 0 spiro atoms. The summed E-state index contributed by atoms with van der Waals surface area (Å²) in [6.07, 6.45) is 0.964. The van der Waals surface area contributed by atoms with E-state index in [4.69, 9.17) is 9.47 Å². The number of benzene rings is 1. The number of hydrogen-bond acceptors (Lipinski definition) is 3. The fourth-order valence-electron chi connectivity index (χ4n) is 2.01. The van der Waals surface area contributed by atoms with Gasteiger partial charge in [0.1, 0.15) is 5.75 Å². The SMILES string of the molecule is CCNC(=NCc1ccc(C)cc1OC)NCCCOCC. The van der Waals surface area contributed by atoms with Crippen LogP contribution >= 0.6 is 0 Å². The molecule has 0 heterocycles. The fourth-order valence-corrected chi connectivity index (χ4v) is 2.01. The minimum Gasteiger partial charge on any atom is -0.496 e. The summed E-state index contributed by atoms with van der Waals surface area (Å²) < 4.78 is 10.7. The van der Waals surface area contributed by atoms with Gasteiger partial charge in [0.05, 0.1) is 13.7 Å². The second-order valence-corrected chi connectivity index (χ2v) is 4.99. The van der Waals surface area contributed by atoms with Gasteiger partial charge in [0.15, 0.2) is 5.96 Å². The zero-order chi connectivity index (χ0) is 16.2. The third kappa shape index (κ3) is 6.80. The standard InChI is InChI=1S/C17H29N3O2/c1-5-18-17(19-10-7-11-22-6-2)20-13-15-9-8-14(3)12-16(15)21-4/h8-9,12H,5-7,10-11,13H2,1-4H3,(H2,18,19,20). The second-order valence-electron chi connectivity index (χ2n) is 4.99. The van der Waals surface area contributed by atoms with Gasteiger partial charge < -0.3 is 20.1 Å². The number of aliphatic imine (C=N–C) groups is 1. The van der Waals surface area contributed by atoms with Crippen LogP contribution < -0.4 is 15.4 Å². The monoisotopic (exact) mass is 307 g/mol. The summed E-state index contributed by atoms with van der Waals surface area (Å²) in [4.78, 5) is 4.61. The molecule has 5 heteroatoms. The Hall–Kier alpha value is -1.75. The average molecular weight is 307 g/mol. The van der Waals surface area contributed by atoms with Crippen LogP contribution in [-0.4, -0.2) is 39.4 Å². The molecule has 0 saturated heterocycles. The lowest BCUT2D eigenvalue weighted by Gasteiger charge is -2.12. The zero-order valence-corrected chi connectivity index (χ0v) is 14.2. The van der Waals surface area contributed by atoms with Crippen molar-refractivity contribution < 1.29 is 9.47 Å². The highest BCUT2D eigenvalue weighted by atomic mass is 16.5. The van der Waals surface area contributed by atoms with Crippen LogP contribution in [0.4, 0.5) is 0 Å². The molecule has 22 heavy (non-hydrogen) atoms. The quantitative estimate of drug-likeness (QED) is 0.418. The van der Waals surface area contributed by atoms with E-state index in [2.05, 4.69) is 41.6 Å². The van der Waals surface area contributed by atoms with Crippen molar-refractivity contribution in [2.45, 2.75) is 33.7 Å². The van der Waals surface area contributed by atoms with E-state index in [0.717, 1.165) is 50.0 Å². The van der Waals surface area contributed by atoms with Crippen LogP contribution in [0, 0.1) is 6.92 Å². The summed E-state index contributed by atoms with van der Waals surface area (Å²) >= 11 is 0. The zero-order valence-electron chi connectivity index (χ0n) is 14.2. The van der Waals surface area contributed by atoms with Crippen molar-refractivity contribution in [3.8, 4) is 5.75 Å². The second kappa shape index (κ2) is 10.9. The molecule has 0 amide bonds. The van der Waals surface area contributed by atoms with Gasteiger partial charge in [-0.05, 0) is 38.8 Å². The van der Waals surface area contributed by atoms with Crippen LogP contribution in [0.3, 0.4) is 0 Å². The smallest absolute Gasteiger partial charge is 0.191 e. The van der Waals surface area contributed by atoms with E-state index in [1.807, 2.05) is 13.0 Å². The molecule has 0 atom stereocenters. The molecular formula is C17H29N3O2. The Morgan fingerprint density at radius 2 is 2.05 bits per heavy atom. The van der Waals surface area contributed by atoms with Gasteiger partial charge in [-0.2, -0.15) is 0 Å². The van der Waals surface area contributed by atoms with Crippen molar-refractivity contribution in [1.29, 1.82) is 0 Å². The average Bonchev–Trinajstić information content (AvgIpc) is 2.53. The number of rotatable bonds is 9. The molecule has 0 aliphatic heterocycles. The molecule has 0 saturated carbocycles. The molecular weight excluding hydrogens is 278 g/mol. The largest absolute Gasteiger partial charge is 0.496 e. The van der Waals surface area contributed by atoms with Crippen molar-refractivity contribution in [2.75, 3.05) is 33.4 Å². The normalized spacial score (nSPS) is 11.4. The van der Waals surface area contributed by atoms with E-state index in [1.165, 1.54) is 5.56 Å². The molecule has 1 rings (SSSR count). The van der Waals surface area contributed by atoms with Crippen LogP contribution in [0.5, 0.6) is 5.75 Å². The predicted molar refractivity (Wildman–Crippen MR) is 91.7 cm³/mol. The Kier molecular flexibility index (Phi) is 9.07.